The van der Waals surface area contributed by atoms with Gasteiger partial charge in [-0.3, -0.25) is 19.5 Å². The predicted molar refractivity (Wildman–Crippen MR) is 127 cm³/mol. The molecular formula is C27H22N2O5. The van der Waals surface area contributed by atoms with E-state index < -0.39 is 23.5 Å². The Kier molecular flexibility index (Phi) is 5.17. The van der Waals surface area contributed by atoms with Crippen LogP contribution in [0.4, 0.5) is 5.69 Å². The van der Waals surface area contributed by atoms with Crippen molar-refractivity contribution in [2.75, 3.05) is 12.0 Å². The van der Waals surface area contributed by atoms with Crippen LogP contribution in [0.2, 0.25) is 0 Å². The van der Waals surface area contributed by atoms with Crippen molar-refractivity contribution < 1.29 is 23.8 Å². The van der Waals surface area contributed by atoms with Crippen molar-refractivity contribution in [2.45, 2.75) is 19.9 Å². The third-order valence-corrected chi connectivity index (χ3v) is 6.03. The maximum atomic E-state index is 13.7. The van der Waals surface area contributed by atoms with Gasteiger partial charge < -0.3 is 14.3 Å². The van der Waals surface area contributed by atoms with Crippen molar-refractivity contribution in [1.29, 1.82) is 0 Å². The van der Waals surface area contributed by atoms with Gasteiger partial charge in [0.05, 0.1) is 18.7 Å². The number of benzene rings is 2. The van der Waals surface area contributed by atoms with Gasteiger partial charge in [0.2, 0.25) is 5.78 Å². The lowest BCUT2D eigenvalue weighted by Crippen LogP contribution is -2.31. The third kappa shape index (κ3) is 3.33. The van der Waals surface area contributed by atoms with E-state index in [1.807, 2.05) is 32.0 Å². The molecule has 7 nitrogen and oxygen atoms in total. The molecule has 5 rings (SSSR count). The van der Waals surface area contributed by atoms with Crippen molar-refractivity contribution in [2.24, 2.45) is 0 Å². The summed E-state index contributed by atoms with van der Waals surface area (Å²) in [4.78, 5) is 32.7. The predicted octanol–water partition coefficient (Wildman–Crippen LogP) is 5.24. The Labute approximate surface area is 195 Å². The maximum Gasteiger partial charge on any atom is 0.294 e. The molecule has 0 spiro atoms. The standard InChI is InChI=1S/C27H22N2O5/c1-15-9-10-16(2)19(12-15)29-23(18-7-5-11-28-14-18)22(25(31)27(29)32)24(30)21-13-17-6-4-8-20(33-3)26(17)34-21/h4-14,23,31H,1-3H3. The number of carbonyl (C=O) groups excluding carboxylic acids is 2. The average Bonchev–Trinajstić information content (AvgIpc) is 3.40. The minimum Gasteiger partial charge on any atom is -0.503 e. The largest absolute Gasteiger partial charge is 0.503 e. The lowest BCUT2D eigenvalue weighted by molar-refractivity contribution is -0.117. The second-order valence-corrected chi connectivity index (χ2v) is 8.23. The Morgan fingerprint density at radius 2 is 1.94 bits per heavy atom. The summed E-state index contributed by atoms with van der Waals surface area (Å²) in [5, 5.41) is 11.6. The number of amides is 1. The zero-order valence-corrected chi connectivity index (χ0v) is 18.9. The minimum absolute atomic E-state index is 0.00514. The van der Waals surface area contributed by atoms with E-state index in [0.717, 1.165) is 11.1 Å². The molecule has 34 heavy (non-hydrogen) atoms. The molecule has 1 atom stereocenters. The highest BCUT2D eigenvalue weighted by Gasteiger charge is 2.46. The number of anilines is 1. The molecule has 170 valence electrons. The Hall–Kier alpha value is -4.39. The number of hydrogen-bond donors (Lipinski definition) is 1. The van der Waals surface area contributed by atoms with Crippen LogP contribution in [0.15, 0.2) is 82.7 Å². The highest BCUT2D eigenvalue weighted by molar-refractivity contribution is 6.21. The minimum atomic E-state index is -0.871. The number of aliphatic hydroxyl groups excluding tert-OH is 1. The highest BCUT2D eigenvalue weighted by Crippen LogP contribution is 2.43. The van der Waals surface area contributed by atoms with E-state index in [2.05, 4.69) is 4.98 Å². The number of aliphatic hydroxyl groups is 1. The Balaban J connectivity index is 1.68. The molecule has 1 amide bonds. The van der Waals surface area contributed by atoms with Crippen LogP contribution >= 0.6 is 0 Å². The zero-order chi connectivity index (χ0) is 24.0. The first-order valence-electron chi connectivity index (χ1n) is 10.8. The summed E-state index contributed by atoms with van der Waals surface area (Å²) in [5.74, 6) is -1.35. The number of aryl methyl sites for hydroxylation is 2. The quantitative estimate of drug-likeness (QED) is 0.415. The van der Waals surface area contributed by atoms with Crippen LogP contribution in [0, 0.1) is 13.8 Å². The van der Waals surface area contributed by atoms with Gasteiger partial charge in [-0.1, -0.05) is 30.3 Å². The molecule has 0 saturated heterocycles. The van der Waals surface area contributed by atoms with E-state index >= 15 is 0 Å². The molecule has 0 fully saturated rings. The number of nitrogens with zero attached hydrogens (tertiary/aromatic N) is 2. The number of para-hydroxylation sites is 1. The van der Waals surface area contributed by atoms with E-state index in [4.69, 9.17) is 9.15 Å². The van der Waals surface area contributed by atoms with Crippen LogP contribution in [0.25, 0.3) is 11.0 Å². The third-order valence-electron chi connectivity index (χ3n) is 6.03. The first-order chi connectivity index (χ1) is 16.4. The number of methoxy groups -OCH3 is 1. The molecule has 0 saturated carbocycles. The van der Waals surface area contributed by atoms with Crippen LogP contribution < -0.4 is 9.64 Å². The maximum absolute atomic E-state index is 13.7. The van der Waals surface area contributed by atoms with Crippen molar-refractivity contribution in [3.63, 3.8) is 0 Å². The number of ketones is 1. The number of pyridine rings is 1. The van der Waals surface area contributed by atoms with Gasteiger partial charge in [0, 0.05) is 23.5 Å². The summed E-state index contributed by atoms with van der Waals surface area (Å²) >= 11 is 0. The normalized spacial score (nSPS) is 15.9. The number of rotatable bonds is 5. The number of furan rings is 1. The van der Waals surface area contributed by atoms with Gasteiger partial charge in [0.1, 0.15) is 0 Å². The van der Waals surface area contributed by atoms with Crippen molar-refractivity contribution in [3.8, 4) is 5.75 Å². The van der Waals surface area contributed by atoms with Crippen molar-refractivity contribution in [3.05, 3.63) is 101 Å². The number of aromatic nitrogens is 1. The van der Waals surface area contributed by atoms with Crippen LogP contribution in [-0.4, -0.2) is 28.9 Å². The van der Waals surface area contributed by atoms with Crippen molar-refractivity contribution >= 4 is 28.3 Å². The van der Waals surface area contributed by atoms with Gasteiger partial charge in [-0.2, -0.15) is 0 Å². The lowest BCUT2D eigenvalue weighted by Gasteiger charge is -2.28. The summed E-state index contributed by atoms with van der Waals surface area (Å²) in [7, 11) is 1.52. The van der Waals surface area contributed by atoms with Crippen LogP contribution in [-0.2, 0) is 4.79 Å². The van der Waals surface area contributed by atoms with Gasteiger partial charge in [0.25, 0.3) is 5.91 Å². The number of hydrogen-bond acceptors (Lipinski definition) is 6. The zero-order valence-electron chi connectivity index (χ0n) is 18.9. The smallest absolute Gasteiger partial charge is 0.294 e. The molecule has 7 heteroatoms. The summed E-state index contributed by atoms with van der Waals surface area (Å²) in [5.41, 5.74) is 3.35. The second-order valence-electron chi connectivity index (χ2n) is 8.23. The number of fused-ring (bicyclic) bond motifs is 1. The Morgan fingerprint density at radius 1 is 1.12 bits per heavy atom. The fourth-order valence-corrected chi connectivity index (χ4v) is 4.36. The molecule has 0 aliphatic carbocycles. The molecule has 2 aromatic carbocycles. The second kappa shape index (κ2) is 8.19. The summed E-state index contributed by atoms with van der Waals surface area (Å²) in [6.45, 7) is 3.80. The SMILES string of the molecule is COc1cccc2cc(C(=O)C3=C(O)C(=O)N(c4cc(C)ccc4C)C3c3cccnc3)oc12. The van der Waals surface area contributed by atoms with E-state index in [9.17, 15) is 14.7 Å². The highest BCUT2D eigenvalue weighted by atomic mass is 16.5. The van der Waals surface area contributed by atoms with Crippen LogP contribution in [0.5, 0.6) is 5.75 Å². The molecule has 0 bridgehead atoms. The van der Waals surface area contributed by atoms with Gasteiger partial charge in [0.15, 0.2) is 22.9 Å². The summed E-state index contributed by atoms with van der Waals surface area (Å²) in [6.07, 6.45) is 3.20. The van der Waals surface area contributed by atoms with E-state index in [-0.39, 0.29) is 11.3 Å². The van der Waals surface area contributed by atoms with Crippen LogP contribution in [0.1, 0.15) is 33.3 Å². The average molecular weight is 454 g/mol. The number of carbonyl (C=O) groups is 2. The first-order valence-corrected chi connectivity index (χ1v) is 10.8. The number of ether oxygens (including phenoxy) is 1. The summed E-state index contributed by atoms with van der Waals surface area (Å²) < 4.78 is 11.2. The van der Waals surface area contributed by atoms with Crippen LogP contribution in [0.3, 0.4) is 0 Å². The molecule has 1 unspecified atom stereocenters. The summed E-state index contributed by atoms with van der Waals surface area (Å²) in [6, 6.07) is 15.3. The molecule has 1 aliphatic rings. The fraction of sp³-hybridized carbons (Fsp3) is 0.148. The molecule has 4 aromatic rings. The van der Waals surface area contributed by atoms with Gasteiger partial charge in [-0.25, -0.2) is 0 Å². The fourth-order valence-electron chi connectivity index (χ4n) is 4.36. The van der Waals surface area contributed by atoms with E-state index in [1.54, 1.807) is 48.8 Å². The monoisotopic (exact) mass is 454 g/mol. The molecule has 2 aromatic heterocycles. The topological polar surface area (TPSA) is 92.9 Å². The van der Waals surface area contributed by atoms with Crippen molar-refractivity contribution in [1.82, 2.24) is 4.98 Å². The Bertz CT molecular complexity index is 1470. The molecule has 0 radical (unpaired) electrons. The van der Waals surface area contributed by atoms with E-state index in [1.165, 1.54) is 12.0 Å². The van der Waals surface area contributed by atoms with Gasteiger partial charge >= 0.3 is 0 Å². The molecule has 1 aliphatic heterocycles. The lowest BCUT2D eigenvalue weighted by atomic mass is 9.95. The Morgan fingerprint density at radius 3 is 2.68 bits per heavy atom. The van der Waals surface area contributed by atoms with E-state index in [0.29, 0.717) is 28.0 Å². The van der Waals surface area contributed by atoms with Gasteiger partial charge in [-0.15, -0.1) is 0 Å². The number of Topliss-reactive ketones (excluding diaryl/α,β-unsaturated/α-hetero) is 1. The molecular weight excluding hydrogens is 432 g/mol. The molecule has 1 N–H and O–H groups in total. The molecule has 3 heterocycles. The first kappa shape index (κ1) is 21.5. The van der Waals surface area contributed by atoms with Gasteiger partial charge in [-0.05, 0) is 54.8 Å².